The first-order chi connectivity index (χ1) is 14.4. The molecule has 1 unspecified atom stereocenters. The normalized spacial score (nSPS) is 24.7. The molecule has 0 radical (unpaired) electrons. The highest BCUT2D eigenvalue weighted by atomic mass is 16.5. The van der Waals surface area contributed by atoms with Crippen LogP contribution in [0.15, 0.2) is 24.3 Å². The van der Waals surface area contributed by atoms with Gasteiger partial charge in [-0.05, 0) is 83.1 Å². The smallest absolute Gasteiger partial charge is 0.224 e. The number of hydrogen-bond donors (Lipinski definition) is 1. The number of carbonyl (C=O) groups excluding carboxylic acids is 1. The molecule has 2 fully saturated rings. The Morgan fingerprint density at radius 2 is 1.70 bits per heavy atom. The molecule has 2 aliphatic heterocycles. The summed E-state index contributed by atoms with van der Waals surface area (Å²) in [7, 11) is 1.69. The van der Waals surface area contributed by atoms with Gasteiger partial charge in [0.15, 0.2) is 0 Å². The van der Waals surface area contributed by atoms with Crippen molar-refractivity contribution in [3.8, 4) is 0 Å². The average molecular weight is 414 g/mol. The minimum absolute atomic E-state index is 0.109. The summed E-state index contributed by atoms with van der Waals surface area (Å²) in [5.41, 5.74) is 2.79. The minimum atomic E-state index is -0.307. The van der Waals surface area contributed by atoms with Crippen LogP contribution in [-0.4, -0.2) is 73.2 Å². The molecule has 0 saturated carbocycles. The Morgan fingerprint density at radius 1 is 1.03 bits per heavy atom. The molecule has 30 heavy (non-hydrogen) atoms. The van der Waals surface area contributed by atoms with Crippen molar-refractivity contribution >= 4 is 5.91 Å². The van der Waals surface area contributed by atoms with Crippen LogP contribution in [0.4, 0.5) is 0 Å². The van der Waals surface area contributed by atoms with E-state index < -0.39 is 0 Å². The molecular weight excluding hydrogens is 374 g/mol. The highest BCUT2D eigenvalue weighted by Gasteiger charge is 2.35. The molecule has 1 atom stereocenters. The number of rotatable bonds is 6. The maximum atomic E-state index is 12.8. The van der Waals surface area contributed by atoms with Gasteiger partial charge in [-0.25, -0.2) is 0 Å². The minimum Gasteiger partial charge on any atom is -0.382 e. The van der Waals surface area contributed by atoms with Crippen LogP contribution in [0.25, 0.3) is 0 Å². The lowest BCUT2D eigenvalue weighted by molar-refractivity contribution is -0.129. The van der Waals surface area contributed by atoms with E-state index in [0.29, 0.717) is 18.7 Å². The Kier molecular flexibility index (Phi) is 6.81. The number of methoxy groups -OCH3 is 1. The molecular formula is C25H39N3O2. The number of nitrogens with one attached hydrogen (secondary N) is 1. The van der Waals surface area contributed by atoms with Crippen LogP contribution in [0.1, 0.15) is 50.7 Å². The molecule has 1 aromatic carbocycles. The van der Waals surface area contributed by atoms with Gasteiger partial charge in [-0.3, -0.25) is 14.6 Å². The van der Waals surface area contributed by atoms with Crippen molar-refractivity contribution < 1.29 is 9.53 Å². The highest BCUT2D eigenvalue weighted by molar-refractivity contribution is 5.79. The van der Waals surface area contributed by atoms with Crippen LogP contribution in [-0.2, 0) is 22.4 Å². The molecule has 1 aromatic rings. The van der Waals surface area contributed by atoms with Crippen molar-refractivity contribution in [2.24, 2.45) is 5.92 Å². The van der Waals surface area contributed by atoms with E-state index in [1.165, 1.54) is 38.8 Å². The number of ether oxygens (including phenoxy) is 1. The van der Waals surface area contributed by atoms with Crippen LogP contribution in [0, 0.1) is 5.92 Å². The lowest BCUT2D eigenvalue weighted by Gasteiger charge is -2.43. The van der Waals surface area contributed by atoms with Gasteiger partial charge < -0.3 is 10.1 Å². The number of nitrogens with zero attached hydrogens (tertiary/aromatic N) is 2. The number of piperidine rings is 2. The maximum Gasteiger partial charge on any atom is 0.224 e. The van der Waals surface area contributed by atoms with Gasteiger partial charge in [-0.15, -0.1) is 0 Å². The standard InChI is InChI=1S/C25H39N3O2/c1-25(2,18-30-3)26-24(29)21-9-6-12-28(17-21)22-10-13-27(14-11-22)23-15-19-7-4-5-8-20(19)16-23/h4-5,7-8,21-23H,6,9-18H2,1-3H3,(H,26,29). The zero-order valence-electron chi connectivity index (χ0n) is 19.0. The number of fused-ring (bicyclic) bond motifs is 1. The zero-order valence-corrected chi connectivity index (χ0v) is 19.0. The molecule has 1 aliphatic carbocycles. The van der Waals surface area contributed by atoms with Gasteiger partial charge in [0.1, 0.15) is 0 Å². The molecule has 0 aromatic heterocycles. The van der Waals surface area contributed by atoms with Crippen molar-refractivity contribution in [3.05, 3.63) is 35.4 Å². The Morgan fingerprint density at radius 3 is 2.33 bits per heavy atom. The van der Waals surface area contributed by atoms with E-state index in [-0.39, 0.29) is 17.4 Å². The van der Waals surface area contributed by atoms with Gasteiger partial charge in [0.05, 0.1) is 18.1 Å². The molecule has 166 valence electrons. The maximum absolute atomic E-state index is 12.8. The van der Waals surface area contributed by atoms with Crippen molar-refractivity contribution in [2.45, 2.75) is 70.0 Å². The van der Waals surface area contributed by atoms with Crippen LogP contribution < -0.4 is 5.32 Å². The molecule has 2 saturated heterocycles. The lowest BCUT2D eigenvalue weighted by atomic mass is 9.92. The molecule has 5 heteroatoms. The second-order valence-corrected chi connectivity index (χ2v) is 10.2. The first-order valence-electron chi connectivity index (χ1n) is 11.8. The monoisotopic (exact) mass is 413 g/mol. The Hall–Kier alpha value is -1.43. The largest absolute Gasteiger partial charge is 0.382 e. The number of carbonyl (C=O) groups is 1. The Balaban J connectivity index is 1.26. The van der Waals surface area contributed by atoms with Gasteiger partial charge in [0.25, 0.3) is 0 Å². The topological polar surface area (TPSA) is 44.8 Å². The quantitative estimate of drug-likeness (QED) is 0.779. The Bertz CT molecular complexity index is 702. The summed E-state index contributed by atoms with van der Waals surface area (Å²) in [6.07, 6.45) is 7.02. The lowest BCUT2D eigenvalue weighted by Crippen LogP contribution is -2.54. The molecule has 5 nitrogen and oxygen atoms in total. The van der Waals surface area contributed by atoms with Crippen LogP contribution in [0.5, 0.6) is 0 Å². The zero-order chi connectivity index (χ0) is 21.1. The fourth-order valence-corrected chi connectivity index (χ4v) is 5.79. The summed E-state index contributed by atoms with van der Waals surface area (Å²) in [5, 5.41) is 3.20. The van der Waals surface area contributed by atoms with Gasteiger partial charge >= 0.3 is 0 Å². The first-order valence-corrected chi connectivity index (χ1v) is 11.8. The summed E-state index contributed by atoms with van der Waals surface area (Å²) in [6, 6.07) is 10.3. The van der Waals surface area contributed by atoms with Crippen molar-refractivity contribution in [1.29, 1.82) is 0 Å². The van der Waals surface area contributed by atoms with Crippen LogP contribution in [0.2, 0.25) is 0 Å². The van der Waals surface area contributed by atoms with Crippen molar-refractivity contribution in [3.63, 3.8) is 0 Å². The molecule has 0 spiro atoms. The van der Waals surface area contributed by atoms with Crippen LogP contribution >= 0.6 is 0 Å². The molecule has 3 aliphatic rings. The van der Waals surface area contributed by atoms with Crippen LogP contribution in [0.3, 0.4) is 0 Å². The van der Waals surface area contributed by atoms with Crippen molar-refractivity contribution in [1.82, 2.24) is 15.1 Å². The van der Waals surface area contributed by atoms with E-state index >= 15 is 0 Å². The van der Waals surface area contributed by atoms with E-state index in [1.807, 2.05) is 13.8 Å². The third kappa shape index (κ3) is 5.06. The number of hydrogen-bond acceptors (Lipinski definition) is 4. The summed E-state index contributed by atoms with van der Waals surface area (Å²) in [6.45, 7) is 9.05. The highest BCUT2D eigenvalue weighted by Crippen LogP contribution is 2.30. The van der Waals surface area contributed by atoms with Gasteiger partial charge in [-0.2, -0.15) is 0 Å². The molecule has 1 amide bonds. The van der Waals surface area contributed by atoms with Gasteiger partial charge in [0.2, 0.25) is 5.91 Å². The van der Waals surface area contributed by atoms with Gasteiger partial charge in [-0.1, -0.05) is 24.3 Å². The molecule has 1 N–H and O–H groups in total. The molecule has 2 heterocycles. The summed E-state index contributed by atoms with van der Waals surface area (Å²) < 4.78 is 5.25. The summed E-state index contributed by atoms with van der Waals surface area (Å²) in [5.74, 6) is 0.306. The van der Waals surface area contributed by atoms with E-state index in [0.717, 1.165) is 25.9 Å². The van der Waals surface area contributed by atoms with E-state index in [1.54, 1.807) is 18.2 Å². The molecule has 0 bridgehead atoms. The fourth-order valence-electron chi connectivity index (χ4n) is 5.79. The first kappa shape index (κ1) is 21.8. The third-order valence-electron chi connectivity index (χ3n) is 7.35. The average Bonchev–Trinajstić information content (AvgIpc) is 3.18. The van der Waals surface area contributed by atoms with Gasteiger partial charge in [0, 0.05) is 25.7 Å². The van der Waals surface area contributed by atoms with E-state index in [9.17, 15) is 4.79 Å². The second-order valence-electron chi connectivity index (χ2n) is 10.2. The van der Waals surface area contributed by atoms with E-state index in [4.69, 9.17) is 4.74 Å². The van der Waals surface area contributed by atoms with E-state index in [2.05, 4.69) is 39.4 Å². The second kappa shape index (κ2) is 9.37. The predicted molar refractivity (Wildman–Crippen MR) is 121 cm³/mol. The predicted octanol–water partition coefficient (Wildman–Crippen LogP) is 2.87. The molecule has 4 rings (SSSR count). The van der Waals surface area contributed by atoms with Crippen molar-refractivity contribution in [2.75, 3.05) is 39.9 Å². The number of amides is 1. The number of benzene rings is 1. The SMILES string of the molecule is COCC(C)(C)NC(=O)C1CCCN(C2CCN(C3Cc4ccccc4C3)CC2)C1. The summed E-state index contributed by atoms with van der Waals surface area (Å²) >= 11 is 0. The Labute approximate surface area is 182 Å². The fraction of sp³-hybridized carbons (Fsp3) is 0.720. The summed E-state index contributed by atoms with van der Waals surface area (Å²) in [4.78, 5) is 18.2. The number of likely N-dealkylation sites (tertiary alicyclic amines) is 2. The third-order valence-corrected chi connectivity index (χ3v) is 7.35.